The Morgan fingerprint density at radius 2 is 2.11 bits per heavy atom. The highest BCUT2D eigenvalue weighted by Crippen LogP contribution is 2.47. The van der Waals surface area contributed by atoms with Crippen LogP contribution < -0.4 is 10.6 Å². The molecule has 0 spiro atoms. The molecule has 0 aliphatic heterocycles. The van der Waals surface area contributed by atoms with Crippen molar-refractivity contribution >= 4 is 5.96 Å². The minimum Gasteiger partial charge on any atom is -0.356 e. The van der Waals surface area contributed by atoms with Gasteiger partial charge in [-0.25, -0.2) is 9.38 Å². The second kappa shape index (κ2) is 8.50. The molecule has 1 heterocycles. The summed E-state index contributed by atoms with van der Waals surface area (Å²) in [5, 5.41) is 15.1. The highest BCUT2D eigenvalue weighted by Gasteiger charge is 2.44. The molecule has 0 atom stereocenters. The van der Waals surface area contributed by atoms with Crippen LogP contribution >= 0.6 is 0 Å². The Kier molecular flexibility index (Phi) is 6.08. The van der Waals surface area contributed by atoms with E-state index in [1.807, 2.05) is 24.6 Å². The molecule has 1 fully saturated rings. The first-order valence-corrected chi connectivity index (χ1v) is 9.67. The molecule has 1 aliphatic carbocycles. The van der Waals surface area contributed by atoms with Crippen LogP contribution in [-0.2, 0) is 19.0 Å². The zero-order valence-corrected chi connectivity index (χ0v) is 16.4. The third-order valence-electron chi connectivity index (χ3n) is 5.27. The van der Waals surface area contributed by atoms with Gasteiger partial charge in [-0.2, -0.15) is 0 Å². The summed E-state index contributed by atoms with van der Waals surface area (Å²) in [5.41, 5.74) is 1.07. The second-order valence-corrected chi connectivity index (χ2v) is 7.31. The normalized spacial score (nSPS) is 15.6. The fraction of sp³-hybridized carbons (Fsp3) is 0.550. The molecule has 7 heteroatoms. The number of rotatable bonds is 8. The first-order chi connectivity index (χ1) is 13.0. The predicted molar refractivity (Wildman–Crippen MR) is 105 cm³/mol. The van der Waals surface area contributed by atoms with Crippen molar-refractivity contribution in [1.29, 1.82) is 0 Å². The lowest BCUT2D eigenvalue weighted by Gasteiger charge is -2.19. The van der Waals surface area contributed by atoms with Crippen molar-refractivity contribution in [1.82, 2.24) is 25.4 Å². The zero-order valence-electron chi connectivity index (χ0n) is 16.4. The van der Waals surface area contributed by atoms with Gasteiger partial charge in [-0.3, -0.25) is 0 Å². The minimum atomic E-state index is -0.175. The molecular weight excluding hydrogens is 343 g/mol. The quantitative estimate of drug-likeness (QED) is 0.425. The van der Waals surface area contributed by atoms with Gasteiger partial charge in [0.15, 0.2) is 11.8 Å². The van der Waals surface area contributed by atoms with Crippen molar-refractivity contribution in [3.63, 3.8) is 0 Å². The maximum atomic E-state index is 13.6. The van der Waals surface area contributed by atoms with Crippen LogP contribution in [0, 0.1) is 12.7 Å². The first kappa shape index (κ1) is 19.3. The highest BCUT2D eigenvalue weighted by molar-refractivity contribution is 5.80. The smallest absolute Gasteiger partial charge is 0.191 e. The number of aliphatic imine (C=N–C) groups is 1. The Morgan fingerprint density at radius 1 is 1.30 bits per heavy atom. The molecule has 0 amide bonds. The summed E-state index contributed by atoms with van der Waals surface area (Å²) in [6, 6.07) is 6.95. The monoisotopic (exact) mass is 372 g/mol. The van der Waals surface area contributed by atoms with E-state index < -0.39 is 0 Å². The summed E-state index contributed by atoms with van der Waals surface area (Å²) in [4.78, 5) is 4.68. The van der Waals surface area contributed by atoms with Crippen LogP contribution in [-0.4, -0.2) is 33.8 Å². The molecule has 6 nitrogen and oxygen atoms in total. The standard InChI is InChI=1S/C20H29FN6/c1-4-5-11-22-19(23-13-18-26-25-15(2)27(18)3)24-14-20(9-10-20)16-7-6-8-17(21)12-16/h6-8,12H,4-5,9-11,13-14H2,1-3H3,(H2,22,23,24). The van der Waals surface area contributed by atoms with Gasteiger partial charge in [0, 0.05) is 25.6 Å². The molecular formula is C20H29FN6. The molecule has 2 N–H and O–H groups in total. The van der Waals surface area contributed by atoms with E-state index in [1.165, 1.54) is 6.07 Å². The minimum absolute atomic E-state index is 0.0106. The summed E-state index contributed by atoms with van der Waals surface area (Å²) < 4.78 is 15.6. The van der Waals surface area contributed by atoms with Crippen molar-refractivity contribution in [2.75, 3.05) is 13.1 Å². The van der Waals surface area contributed by atoms with E-state index in [4.69, 9.17) is 0 Å². The Morgan fingerprint density at radius 3 is 2.74 bits per heavy atom. The number of aryl methyl sites for hydroxylation is 1. The van der Waals surface area contributed by atoms with Gasteiger partial charge in [0.1, 0.15) is 18.2 Å². The van der Waals surface area contributed by atoms with Gasteiger partial charge in [0.25, 0.3) is 0 Å². The summed E-state index contributed by atoms with van der Waals surface area (Å²) in [6.45, 7) is 6.16. The summed E-state index contributed by atoms with van der Waals surface area (Å²) in [6.07, 6.45) is 4.33. The third kappa shape index (κ3) is 4.84. The zero-order chi connectivity index (χ0) is 19.3. The van der Waals surface area contributed by atoms with E-state index in [0.29, 0.717) is 6.54 Å². The molecule has 27 heavy (non-hydrogen) atoms. The number of unbranched alkanes of at least 4 members (excludes halogenated alkanes) is 1. The molecule has 0 radical (unpaired) electrons. The molecule has 0 unspecified atom stereocenters. The maximum absolute atomic E-state index is 13.6. The Hall–Kier alpha value is -2.44. The van der Waals surface area contributed by atoms with Crippen molar-refractivity contribution in [2.45, 2.75) is 51.5 Å². The van der Waals surface area contributed by atoms with Gasteiger partial charge in [-0.05, 0) is 43.9 Å². The fourth-order valence-electron chi connectivity index (χ4n) is 3.09. The average molecular weight is 372 g/mol. The van der Waals surface area contributed by atoms with Crippen LogP contribution in [0.5, 0.6) is 0 Å². The van der Waals surface area contributed by atoms with E-state index in [2.05, 4.69) is 32.7 Å². The molecule has 3 rings (SSSR count). The van der Waals surface area contributed by atoms with Crippen molar-refractivity contribution < 1.29 is 4.39 Å². The molecule has 1 saturated carbocycles. The van der Waals surface area contributed by atoms with Gasteiger partial charge >= 0.3 is 0 Å². The van der Waals surface area contributed by atoms with Crippen LogP contribution in [0.3, 0.4) is 0 Å². The Bertz CT molecular complexity index is 794. The summed E-state index contributed by atoms with van der Waals surface area (Å²) in [7, 11) is 1.95. The third-order valence-corrected chi connectivity index (χ3v) is 5.27. The van der Waals surface area contributed by atoms with Gasteiger partial charge < -0.3 is 15.2 Å². The number of halogens is 1. The SMILES string of the molecule is CCCCNC(=NCc1nnc(C)n1C)NCC1(c2cccc(F)c2)CC1. The number of guanidine groups is 1. The van der Waals surface area contributed by atoms with Gasteiger partial charge in [0.2, 0.25) is 0 Å². The molecule has 0 saturated heterocycles. The van der Waals surface area contributed by atoms with Crippen LogP contribution in [0.2, 0.25) is 0 Å². The lowest BCUT2D eigenvalue weighted by atomic mass is 9.96. The Balaban J connectivity index is 1.66. The van der Waals surface area contributed by atoms with Gasteiger partial charge in [-0.1, -0.05) is 25.5 Å². The van der Waals surface area contributed by atoms with E-state index >= 15 is 0 Å². The number of hydrogen-bond acceptors (Lipinski definition) is 3. The number of aromatic nitrogens is 3. The van der Waals surface area contributed by atoms with E-state index in [-0.39, 0.29) is 11.2 Å². The number of nitrogens with zero attached hydrogens (tertiary/aromatic N) is 4. The number of nitrogens with one attached hydrogen (secondary N) is 2. The molecule has 0 bridgehead atoms. The molecule has 2 aromatic rings. The van der Waals surface area contributed by atoms with Crippen LogP contribution in [0.4, 0.5) is 4.39 Å². The Labute approximate surface area is 160 Å². The van der Waals surface area contributed by atoms with E-state index in [0.717, 1.165) is 61.9 Å². The first-order valence-electron chi connectivity index (χ1n) is 9.67. The van der Waals surface area contributed by atoms with Gasteiger partial charge in [-0.15, -0.1) is 10.2 Å². The lowest BCUT2D eigenvalue weighted by Crippen LogP contribution is -2.41. The predicted octanol–water partition coefficient (Wildman–Crippen LogP) is 2.83. The molecule has 1 aromatic carbocycles. The summed E-state index contributed by atoms with van der Waals surface area (Å²) in [5.74, 6) is 2.30. The van der Waals surface area contributed by atoms with Gasteiger partial charge in [0.05, 0.1) is 0 Å². The van der Waals surface area contributed by atoms with Crippen LogP contribution in [0.15, 0.2) is 29.3 Å². The van der Waals surface area contributed by atoms with Crippen molar-refractivity contribution in [2.24, 2.45) is 12.0 Å². The number of hydrogen-bond donors (Lipinski definition) is 2. The lowest BCUT2D eigenvalue weighted by molar-refractivity contribution is 0.605. The topological polar surface area (TPSA) is 67.1 Å². The average Bonchev–Trinajstić information content (AvgIpc) is 3.39. The van der Waals surface area contributed by atoms with E-state index in [1.54, 1.807) is 12.1 Å². The number of benzene rings is 1. The van der Waals surface area contributed by atoms with Crippen LogP contribution in [0.25, 0.3) is 0 Å². The maximum Gasteiger partial charge on any atom is 0.191 e. The molecule has 1 aromatic heterocycles. The summed E-state index contributed by atoms with van der Waals surface area (Å²) >= 11 is 0. The highest BCUT2D eigenvalue weighted by atomic mass is 19.1. The van der Waals surface area contributed by atoms with Crippen molar-refractivity contribution in [3.05, 3.63) is 47.3 Å². The van der Waals surface area contributed by atoms with E-state index in [9.17, 15) is 4.39 Å². The second-order valence-electron chi connectivity index (χ2n) is 7.31. The molecule has 1 aliphatic rings. The fourth-order valence-corrected chi connectivity index (χ4v) is 3.09. The van der Waals surface area contributed by atoms with Crippen molar-refractivity contribution in [3.8, 4) is 0 Å². The largest absolute Gasteiger partial charge is 0.356 e. The molecule has 146 valence electrons. The van der Waals surface area contributed by atoms with Crippen LogP contribution in [0.1, 0.15) is 49.8 Å².